The molecule has 1 aromatic heterocycles. The predicted molar refractivity (Wildman–Crippen MR) is 76.3 cm³/mol. The molecule has 100 valence electrons. The first-order chi connectivity index (χ1) is 8.47. The summed E-state index contributed by atoms with van der Waals surface area (Å²) in [6.07, 6.45) is 3.74. The summed E-state index contributed by atoms with van der Waals surface area (Å²) in [6, 6.07) is 0.532. The van der Waals surface area contributed by atoms with Gasteiger partial charge >= 0.3 is 0 Å². The first-order valence-corrected chi connectivity index (χ1v) is 7.15. The molecule has 0 aromatic carbocycles. The van der Waals surface area contributed by atoms with Gasteiger partial charge in [-0.25, -0.2) is 9.97 Å². The molecule has 1 aromatic rings. The lowest BCUT2D eigenvalue weighted by Crippen LogP contribution is -2.18. The van der Waals surface area contributed by atoms with Gasteiger partial charge in [0.15, 0.2) is 0 Å². The lowest BCUT2D eigenvalue weighted by atomic mass is 10.1. The van der Waals surface area contributed by atoms with Crippen molar-refractivity contribution in [2.45, 2.75) is 58.9 Å². The first-order valence-electron chi connectivity index (χ1n) is 6.78. The van der Waals surface area contributed by atoms with Crippen LogP contribution < -0.4 is 5.32 Å². The minimum atomic E-state index is 0.297. The Balaban J connectivity index is 2.21. The highest BCUT2D eigenvalue weighted by atomic mass is 35.5. The molecular formula is C14H22ClN3. The number of rotatable bonds is 3. The quantitative estimate of drug-likeness (QED) is 0.836. The average molecular weight is 268 g/mol. The van der Waals surface area contributed by atoms with Crippen molar-refractivity contribution in [3.63, 3.8) is 0 Å². The van der Waals surface area contributed by atoms with E-state index in [1.165, 1.54) is 19.3 Å². The van der Waals surface area contributed by atoms with Crippen LogP contribution in [0, 0.1) is 12.8 Å². The Kier molecular flexibility index (Phi) is 4.10. The molecule has 18 heavy (non-hydrogen) atoms. The van der Waals surface area contributed by atoms with Gasteiger partial charge < -0.3 is 5.32 Å². The second-order valence-corrected chi connectivity index (χ2v) is 6.12. The highest BCUT2D eigenvalue weighted by Gasteiger charge is 2.22. The molecule has 1 aliphatic rings. The van der Waals surface area contributed by atoms with Gasteiger partial charge in [0.05, 0.1) is 0 Å². The molecule has 3 nitrogen and oxygen atoms in total. The molecule has 2 unspecified atom stereocenters. The van der Waals surface area contributed by atoms with E-state index >= 15 is 0 Å². The van der Waals surface area contributed by atoms with Crippen LogP contribution in [-0.2, 0) is 0 Å². The smallest absolute Gasteiger partial charge is 0.137 e. The van der Waals surface area contributed by atoms with Crippen LogP contribution in [0.3, 0.4) is 0 Å². The third-order valence-electron chi connectivity index (χ3n) is 3.66. The molecule has 0 amide bonds. The molecule has 2 atom stereocenters. The summed E-state index contributed by atoms with van der Waals surface area (Å²) < 4.78 is 0. The van der Waals surface area contributed by atoms with Gasteiger partial charge in [-0.15, -0.1) is 0 Å². The zero-order valence-electron chi connectivity index (χ0n) is 11.6. The maximum atomic E-state index is 6.19. The number of nitrogens with zero attached hydrogens (tertiary/aromatic N) is 2. The molecular weight excluding hydrogens is 246 g/mol. The number of aromatic nitrogens is 2. The van der Waals surface area contributed by atoms with Gasteiger partial charge in [-0.2, -0.15) is 0 Å². The van der Waals surface area contributed by atoms with Crippen LogP contribution in [0.25, 0.3) is 0 Å². The SMILES string of the molecule is Cc1c(Cl)nc(C(C)C)nc1NC1CCC(C)C1. The van der Waals surface area contributed by atoms with Gasteiger partial charge in [-0.1, -0.05) is 32.4 Å². The van der Waals surface area contributed by atoms with Crippen LogP contribution in [0.1, 0.15) is 57.3 Å². The van der Waals surface area contributed by atoms with E-state index < -0.39 is 0 Å². The van der Waals surface area contributed by atoms with E-state index in [0.717, 1.165) is 23.1 Å². The van der Waals surface area contributed by atoms with E-state index in [1.54, 1.807) is 0 Å². The highest BCUT2D eigenvalue weighted by Crippen LogP contribution is 2.29. The van der Waals surface area contributed by atoms with Crippen molar-refractivity contribution in [1.82, 2.24) is 9.97 Å². The fourth-order valence-electron chi connectivity index (χ4n) is 2.44. The van der Waals surface area contributed by atoms with Crippen molar-refractivity contribution in [3.05, 3.63) is 16.5 Å². The Bertz CT molecular complexity index is 431. The largest absolute Gasteiger partial charge is 0.367 e. The van der Waals surface area contributed by atoms with Gasteiger partial charge in [-0.3, -0.25) is 0 Å². The lowest BCUT2D eigenvalue weighted by Gasteiger charge is -2.17. The molecule has 1 saturated carbocycles. The van der Waals surface area contributed by atoms with Gasteiger partial charge in [0.1, 0.15) is 16.8 Å². The number of anilines is 1. The van der Waals surface area contributed by atoms with Crippen LogP contribution in [0.2, 0.25) is 5.15 Å². The normalized spacial score (nSPS) is 23.7. The second-order valence-electron chi connectivity index (χ2n) is 5.76. The fourth-order valence-corrected chi connectivity index (χ4v) is 2.61. The van der Waals surface area contributed by atoms with Crippen LogP contribution >= 0.6 is 11.6 Å². The van der Waals surface area contributed by atoms with Gasteiger partial charge in [-0.05, 0) is 32.1 Å². The van der Waals surface area contributed by atoms with Crippen molar-refractivity contribution < 1.29 is 0 Å². The minimum Gasteiger partial charge on any atom is -0.367 e. The summed E-state index contributed by atoms with van der Waals surface area (Å²) in [7, 11) is 0. The monoisotopic (exact) mass is 267 g/mol. The molecule has 1 N–H and O–H groups in total. The maximum absolute atomic E-state index is 6.19. The third kappa shape index (κ3) is 2.94. The van der Waals surface area contributed by atoms with Crippen LogP contribution in [0.4, 0.5) is 5.82 Å². The third-order valence-corrected chi connectivity index (χ3v) is 4.02. The summed E-state index contributed by atoms with van der Waals surface area (Å²) in [6.45, 7) is 8.46. The molecule has 1 aliphatic carbocycles. The van der Waals surface area contributed by atoms with E-state index in [4.69, 9.17) is 11.6 Å². The van der Waals surface area contributed by atoms with Crippen molar-refractivity contribution in [2.24, 2.45) is 5.92 Å². The molecule has 1 heterocycles. The molecule has 2 rings (SSSR count). The Hall–Kier alpha value is -0.830. The van der Waals surface area contributed by atoms with Crippen LogP contribution in [-0.4, -0.2) is 16.0 Å². The summed E-state index contributed by atoms with van der Waals surface area (Å²) in [5.74, 6) is 2.84. The van der Waals surface area contributed by atoms with E-state index in [9.17, 15) is 0 Å². The number of nitrogens with one attached hydrogen (secondary N) is 1. The first kappa shape index (κ1) is 13.6. The van der Waals surface area contributed by atoms with E-state index in [2.05, 4.69) is 36.1 Å². The Morgan fingerprint density at radius 1 is 1.28 bits per heavy atom. The molecule has 4 heteroatoms. The Morgan fingerprint density at radius 3 is 2.56 bits per heavy atom. The van der Waals surface area contributed by atoms with Gasteiger partial charge in [0, 0.05) is 17.5 Å². The molecule has 0 aliphatic heterocycles. The van der Waals surface area contributed by atoms with Crippen LogP contribution in [0.15, 0.2) is 0 Å². The number of hydrogen-bond acceptors (Lipinski definition) is 3. The van der Waals surface area contributed by atoms with Crippen molar-refractivity contribution >= 4 is 17.4 Å². The Morgan fingerprint density at radius 2 is 2.00 bits per heavy atom. The average Bonchev–Trinajstić information content (AvgIpc) is 2.70. The molecule has 0 radical (unpaired) electrons. The standard InChI is InChI=1S/C14H22ClN3/c1-8(2)13-17-12(15)10(4)14(18-13)16-11-6-5-9(3)7-11/h8-9,11H,5-7H2,1-4H3,(H,16,17,18). The number of halogens is 1. The zero-order valence-corrected chi connectivity index (χ0v) is 12.4. The topological polar surface area (TPSA) is 37.8 Å². The highest BCUT2D eigenvalue weighted by molar-refractivity contribution is 6.30. The zero-order chi connectivity index (χ0) is 13.3. The van der Waals surface area contributed by atoms with E-state index in [0.29, 0.717) is 17.1 Å². The summed E-state index contributed by atoms with van der Waals surface area (Å²) >= 11 is 6.19. The van der Waals surface area contributed by atoms with Gasteiger partial charge in [0.25, 0.3) is 0 Å². The lowest BCUT2D eigenvalue weighted by molar-refractivity contribution is 0.602. The van der Waals surface area contributed by atoms with Gasteiger partial charge in [0.2, 0.25) is 0 Å². The molecule has 0 bridgehead atoms. The summed E-state index contributed by atoms with van der Waals surface area (Å²) in [5.41, 5.74) is 0.959. The Labute approximate surface area is 114 Å². The molecule has 0 saturated heterocycles. The molecule has 1 fully saturated rings. The second kappa shape index (κ2) is 5.43. The van der Waals surface area contributed by atoms with E-state index in [1.807, 2.05) is 6.92 Å². The van der Waals surface area contributed by atoms with Crippen molar-refractivity contribution in [2.75, 3.05) is 5.32 Å². The minimum absolute atomic E-state index is 0.297. The number of hydrogen-bond donors (Lipinski definition) is 1. The summed E-state index contributed by atoms with van der Waals surface area (Å²) in [4.78, 5) is 8.95. The van der Waals surface area contributed by atoms with E-state index in [-0.39, 0.29) is 0 Å². The van der Waals surface area contributed by atoms with Crippen LogP contribution in [0.5, 0.6) is 0 Å². The summed E-state index contributed by atoms with van der Waals surface area (Å²) in [5, 5.41) is 4.11. The predicted octanol–water partition coefficient (Wildman–Crippen LogP) is 4.16. The fraction of sp³-hybridized carbons (Fsp3) is 0.714. The van der Waals surface area contributed by atoms with Crippen molar-refractivity contribution in [1.29, 1.82) is 0 Å². The van der Waals surface area contributed by atoms with Crippen molar-refractivity contribution in [3.8, 4) is 0 Å². The maximum Gasteiger partial charge on any atom is 0.137 e. The molecule has 0 spiro atoms.